The summed E-state index contributed by atoms with van der Waals surface area (Å²) in [4.78, 5) is 12.5. The highest BCUT2D eigenvalue weighted by molar-refractivity contribution is 7.89. The molecule has 0 aromatic heterocycles. The molecule has 0 radical (unpaired) electrons. The molecule has 6 nitrogen and oxygen atoms in total. The van der Waals surface area contributed by atoms with Crippen LogP contribution in [-0.4, -0.2) is 39.8 Å². The molecular formula is C18H22N2O4S. The van der Waals surface area contributed by atoms with Gasteiger partial charge < -0.3 is 10.1 Å². The summed E-state index contributed by atoms with van der Waals surface area (Å²) in [5.41, 5.74) is 2.24. The first-order valence-electron chi connectivity index (χ1n) is 7.70. The van der Waals surface area contributed by atoms with Gasteiger partial charge in [-0.25, -0.2) is 12.7 Å². The fourth-order valence-electron chi connectivity index (χ4n) is 2.37. The summed E-state index contributed by atoms with van der Waals surface area (Å²) in [6.07, 6.45) is 0.134. The molecule has 2 aromatic rings. The highest BCUT2D eigenvalue weighted by Gasteiger charge is 2.18. The van der Waals surface area contributed by atoms with Gasteiger partial charge in [0.05, 0.1) is 18.4 Å². The van der Waals surface area contributed by atoms with Crippen LogP contribution in [0, 0.1) is 6.92 Å². The van der Waals surface area contributed by atoms with E-state index in [1.165, 1.54) is 26.2 Å². The molecule has 0 saturated carbocycles. The first-order chi connectivity index (χ1) is 11.7. The molecule has 0 unspecified atom stereocenters. The Labute approximate surface area is 148 Å². The van der Waals surface area contributed by atoms with E-state index in [0.29, 0.717) is 11.4 Å². The predicted octanol–water partition coefficient (Wildman–Crippen LogP) is 2.44. The van der Waals surface area contributed by atoms with E-state index in [0.717, 1.165) is 15.4 Å². The van der Waals surface area contributed by atoms with Crippen molar-refractivity contribution >= 4 is 21.6 Å². The van der Waals surface area contributed by atoms with Gasteiger partial charge >= 0.3 is 0 Å². The molecule has 0 saturated heterocycles. The van der Waals surface area contributed by atoms with Crippen molar-refractivity contribution in [3.8, 4) is 5.75 Å². The highest BCUT2D eigenvalue weighted by atomic mass is 32.2. The minimum atomic E-state index is -3.55. The lowest BCUT2D eigenvalue weighted by molar-refractivity contribution is -0.115. The number of benzene rings is 2. The largest absolute Gasteiger partial charge is 0.496 e. The third-order valence-corrected chi connectivity index (χ3v) is 5.49. The normalized spacial score (nSPS) is 11.4. The van der Waals surface area contributed by atoms with E-state index in [-0.39, 0.29) is 17.2 Å². The summed E-state index contributed by atoms with van der Waals surface area (Å²) in [7, 11) is 0.935. The van der Waals surface area contributed by atoms with Crippen LogP contribution in [0.25, 0.3) is 0 Å². The van der Waals surface area contributed by atoms with Gasteiger partial charge in [-0.1, -0.05) is 23.8 Å². The van der Waals surface area contributed by atoms with Crippen LogP contribution in [0.5, 0.6) is 5.75 Å². The molecule has 2 rings (SSSR count). The Morgan fingerprint density at radius 2 is 1.88 bits per heavy atom. The second-order valence-electron chi connectivity index (χ2n) is 5.86. The van der Waals surface area contributed by atoms with Crippen molar-refractivity contribution < 1.29 is 17.9 Å². The first kappa shape index (κ1) is 19.0. The van der Waals surface area contributed by atoms with Crippen molar-refractivity contribution in [3.05, 3.63) is 53.6 Å². The number of sulfonamides is 1. The molecule has 0 aliphatic heterocycles. The van der Waals surface area contributed by atoms with E-state index < -0.39 is 10.0 Å². The van der Waals surface area contributed by atoms with Crippen LogP contribution >= 0.6 is 0 Å². The maximum absolute atomic E-state index is 12.3. The molecular weight excluding hydrogens is 340 g/mol. The van der Waals surface area contributed by atoms with Crippen LogP contribution in [0.1, 0.15) is 11.1 Å². The fraction of sp³-hybridized carbons (Fsp3) is 0.278. The summed E-state index contributed by atoms with van der Waals surface area (Å²) in [5.74, 6) is 0.396. The number of nitrogens with one attached hydrogen (secondary N) is 1. The smallest absolute Gasteiger partial charge is 0.242 e. The number of hydrogen-bond donors (Lipinski definition) is 1. The summed E-state index contributed by atoms with van der Waals surface area (Å²) in [6, 6.07) is 11.8. The molecule has 2 aromatic carbocycles. The van der Waals surface area contributed by atoms with Gasteiger partial charge in [0.2, 0.25) is 15.9 Å². The Bertz CT molecular complexity index is 876. The lowest BCUT2D eigenvalue weighted by Gasteiger charge is -2.13. The van der Waals surface area contributed by atoms with E-state index >= 15 is 0 Å². The molecule has 7 heteroatoms. The van der Waals surface area contributed by atoms with Crippen LogP contribution in [0.3, 0.4) is 0 Å². The number of methoxy groups -OCH3 is 1. The lowest BCUT2D eigenvalue weighted by Crippen LogP contribution is -2.22. The number of ether oxygens (including phenoxy) is 1. The Balaban J connectivity index is 2.18. The molecule has 0 bridgehead atoms. The summed E-state index contributed by atoms with van der Waals surface area (Å²) < 4.78 is 30.8. The minimum Gasteiger partial charge on any atom is -0.496 e. The average Bonchev–Trinajstić information content (AvgIpc) is 2.55. The van der Waals surface area contributed by atoms with Crippen LogP contribution in [-0.2, 0) is 21.2 Å². The Hall–Kier alpha value is -2.38. The molecule has 0 fully saturated rings. The number of nitrogens with zero attached hydrogens (tertiary/aromatic N) is 1. The molecule has 0 heterocycles. The van der Waals surface area contributed by atoms with Crippen molar-refractivity contribution in [2.24, 2.45) is 0 Å². The number of carbonyl (C=O) groups is 1. The van der Waals surface area contributed by atoms with Crippen LogP contribution in [0.15, 0.2) is 47.4 Å². The van der Waals surface area contributed by atoms with E-state index in [1.54, 1.807) is 19.2 Å². The number of amides is 1. The van der Waals surface area contributed by atoms with E-state index in [4.69, 9.17) is 4.74 Å². The number of hydrogen-bond acceptors (Lipinski definition) is 4. The van der Waals surface area contributed by atoms with Crippen LogP contribution < -0.4 is 10.1 Å². The summed E-state index contributed by atoms with van der Waals surface area (Å²) in [6.45, 7) is 1.94. The topological polar surface area (TPSA) is 75.7 Å². The SMILES string of the molecule is COc1ccc(C)cc1CC(=O)Nc1cccc(S(=O)(=O)N(C)C)c1. The second kappa shape index (κ2) is 7.67. The van der Waals surface area contributed by atoms with Gasteiger partial charge in [-0.05, 0) is 31.2 Å². The van der Waals surface area contributed by atoms with Crippen molar-refractivity contribution in [2.75, 3.05) is 26.5 Å². The zero-order valence-corrected chi connectivity index (χ0v) is 15.6. The Morgan fingerprint density at radius 3 is 2.52 bits per heavy atom. The molecule has 0 atom stereocenters. The van der Waals surface area contributed by atoms with Crippen molar-refractivity contribution in [1.82, 2.24) is 4.31 Å². The van der Waals surface area contributed by atoms with Crippen molar-refractivity contribution in [3.63, 3.8) is 0 Å². The standard InChI is InChI=1S/C18H22N2O4S/c1-13-8-9-17(24-4)14(10-13)11-18(21)19-15-6-5-7-16(12-15)25(22,23)20(2)3/h5-10,12H,11H2,1-4H3,(H,19,21). The first-order valence-corrected chi connectivity index (χ1v) is 9.14. The molecule has 0 aliphatic rings. The van der Waals surface area contributed by atoms with Gasteiger partial charge in [0.1, 0.15) is 5.75 Å². The fourth-order valence-corrected chi connectivity index (χ4v) is 3.32. The van der Waals surface area contributed by atoms with E-state index in [2.05, 4.69) is 5.32 Å². The van der Waals surface area contributed by atoms with Gasteiger partial charge in [-0.3, -0.25) is 4.79 Å². The quantitative estimate of drug-likeness (QED) is 0.856. The van der Waals surface area contributed by atoms with Crippen LogP contribution in [0.2, 0.25) is 0 Å². The van der Waals surface area contributed by atoms with Crippen molar-refractivity contribution in [2.45, 2.75) is 18.2 Å². The third kappa shape index (κ3) is 4.58. The number of carbonyl (C=O) groups excluding carboxylic acids is 1. The predicted molar refractivity (Wildman–Crippen MR) is 97.4 cm³/mol. The molecule has 134 valence electrons. The zero-order chi connectivity index (χ0) is 18.6. The third-order valence-electron chi connectivity index (χ3n) is 3.68. The Morgan fingerprint density at radius 1 is 1.16 bits per heavy atom. The lowest BCUT2D eigenvalue weighted by atomic mass is 10.1. The molecule has 0 aliphatic carbocycles. The molecule has 25 heavy (non-hydrogen) atoms. The average molecular weight is 362 g/mol. The summed E-state index contributed by atoms with van der Waals surface area (Å²) in [5, 5.41) is 2.74. The molecule has 0 spiro atoms. The number of aryl methyl sites for hydroxylation is 1. The molecule has 1 amide bonds. The maximum Gasteiger partial charge on any atom is 0.242 e. The molecule has 1 N–H and O–H groups in total. The van der Waals surface area contributed by atoms with Gasteiger partial charge in [0, 0.05) is 25.3 Å². The van der Waals surface area contributed by atoms with Gasteiger partial charge in [-0.2, -0.15) is 0 Å². The van der Waals surface area contributed by atoms with E-state index in [1.807, 2.05) is 25.1 Å². The van der Waals surface area contributed by atoms with E-state index in [9.17, 15) is 13.2 Å². The number of rotatable bonds is 6. The van der Waals surface area contributed by atoms with Gasteiger partial charge in [0.25, 0.3) is 0 Å². The zero-order valence-electron chi connectivity index (χ0n) is 14.7. The summed E-state index contributed by atoms with van der Waals surface area (Å²) >= 11 is 0. The van der Waals surface area contributed by atoms with Gasteiger partial charge in [0.15, 0.2) is 0 Å². The maximum atomic E-state index is 12.3. The Kier molecular flexibility index (Phi) is 5.81. The van der Waals surface area contributed by atoms with Gasteiger partial charge in [-0.15, -0.1) is 0 Å². The van der Waals surface area contributed by atoms with Crippen molar-refractivity contribution in [1.29, 1.82) is 0 Å². The minimum absolute atomic E-state index is 0.128. The number of anilines is 1. The van der Waals surface area contributed by atoms with Crippen LogP contribution in [0.4, 0.5) is 5.69 Å². The monoisotopic (exact) mass is 362 g/mol. The highest BCUT2D eigenvalue weighted by Crippen LogP contribution is 2.22. The second-order valence-corrected chi connectivity index (χ2v) is 8.01.